The normalized spacial score (nSPS) is 16.8. The molecule has 3 heteroatoms. The minimum absolute atomic E-state index is 0.0741. The Hall–Kier alpha value is -0.990. The zero-order valence-corrected chi connectivity index (χ0v) is 10.5. The molecule has 0 spiro atoms. The zero-order chi connectivity index (χ0) is 15.5. The van der Waals surface area contributed by atoms with Gasteiger partial charge in [-0.05, 0) is 20.8 Å². The Morgan fingerprint density at radius 3 is 0.800 bits per heavy atom. The van der Waals surface area contributed by atoms with E-state index in [1.54, 1.807) is 20.8 Å². The second-order valence-corrected chi connectivity index (χ2v) is 2.70. The molecule has 0 rings (SSSR count). The minimum atomic E-state index is -0.537. The summed E-state index contributed by atoms with van der Waals surface area (Å²) in [6.45, 7) is 8.92. The van der Waals surface area contributed by atoms with Crippen LogP contribution in [0.4, 0.5) is 0 Å². The number of Topliss-reactive ketones (excluding diaryl/α,β-unsaturated/α-hetero) is 3. The fraction of sp³-hybridized carbons (Fsp3) is 0.750. The fourth-order valence-electron chi connectivity index (χ4n) is 0. The third-order valence-electron chi connectivity index (χ3n) is 1.22. The van der Waals surface area contributed by atoms with Gasteiger partial charge in [0, 0.05) is 23.3 Å². The standard InChI is InChI=1S/3C4H8O/c3*1-3-4(2)5/h3*3H2,1-2H3/i3*3D. The van der Waals surface area contributed by atoms with Crippen LogP contribution in [0.15, 0.2) is 0 Å². The van der Waals surface area contributed by atoms with Crippen LogP contribution in [0.25, 0.3) is 0 Å². The van der Waals surface area contributed by atoms with Crippen LogP contribution in [0.5, 0.6) is 0 Å². The Kier molecular flexibility index (Phi) is 12.5. The fourth-order valence-corrected chi connectivity index (χ4v) is 0. The van der Waals surface area contributed by atoms with Gasteiger partial charge in [-0.15, -0.1) is 0 Å². The van der Waals surface area contributed by atoms with Gasteiger partial charge in [-0.2, -0.15) is 0 Å². The first kappa shape index (κ1) is 12.1. The van der Waals surface area contributed by atoms with E-state index < -0.39 is 19.2 Å². The van der Waals surface area contributed by atoms with Crippen molar-refractivity contribution in [3.05, 3.63) is 0 Å². The number of rotatable bonds is 3. The Labute approximate surface area is 97.5 Å². The smallest absolute Gasteiger partial charge is 0.129 e. The summed E-state index contributed by atoms with van der Waals surface area (Å²) in [5.74, 6) is -0.222. The maximum absolute atomic E-state index is 9.96. The molecular formula is C12H24O3. The van der Waals surface area contributed by atoms with Crippen molar-refractivity contribution < 1.29 is 18.5 Å². The molecule has 0 aliphatic heterocycles. The highest BCUT2D eigenvalue weighted by molar-refractivity contribution is 5.75. The topological polar surface area (TPSA) is 51.2 Å². The average molecular weight is 219 g/mol. The number of carbonyl (C=O) groups is 3. The molecule has 3 unspecified atom stereocenters. The summed E-state index contributed by atoms with van der Waals surface area (Å²) in [4.78, 5) is 29.9. The Bertz CT molecular complexity index is 218. The summed E-state index contributed by atoms with van der Waals surface area (Å²) < 4.78 is 20.0. The molecule has 0 bridgehead atoms. The lowest BCUT2D eigenvalue weighted by atomic mass is 10.4. The molecule has 0 heterocycles. The molecular weight excluding hydrogens is 192 g/mol. The Balaban J connectivity index is -0.000000187. The first-order valence-electron chi connectivity index (χ1n) is 6.44. The van der Waals surface area contributed by atoms with E-state index in [2.05, 4.69) is 0 Å². The molecule has 0 aromatic rings. The van der Waals surface area contributed by atoms with Crippen LogP contribution in [0, 0.1) is 0 Å². The van der Waals surface area contributed by atoms with Gasteiger partial charge >= 0.3 is 0 Å². The van der Waals surface area contributed by atoms with E-state index in [0.717, 1.165) is 0 Å². The highest BCUT2D eigenvalue weighted by Crippen LogP contribution is 1.72. The molecule has 0 amide bonds. The van der Waals surface area contributed by atoms with Gasteiger partial charge in [0.2, 0.25) is 0 Å². The van der Waals surface area contributed by atoms with Gasteiger partial charge < -0.3 is 14.4 Å². The van der Waals surface area contributed by atoms with E-state index in [1.807, 2.05) is 0 Å². The summed E-state index contributed by atoms with van der Waals surface area (Å²) in [7, 11) is 0. The molecule has 0 aromatic carbocycles. The van der Waals surface area contributed by atoms with Crippen molar-refractivity contribution >= 4 is 17.3 Å². The van der Waals surface area contributed by atoms with Crippen molar-refractivity contribution in [1.82, 2.24) is 0 Å². The van der Waals surface area contributed by atoms with Gasteiger partial charge in [0.15, 0.2) is 0 Å². The molecule has 90 valence electrons. The van der Waals surface area contributed by atoms with E-state index in [4.69, 9.17) is 4.11 Å². The van der Waals surface area contributed by atoms with Gasteiger partial charge in [-0.25, -0.2) is 0 Å². The minimum Gasteiger partial charge on any atom is -0.300 e. The molecule has 0 N–H and O–H groups in total. The van der Waals surface area contributed by atoms with E-state index in [9.17, 15) is 14.4 Å². The molecule has 15 heavy (non-hydrogen) atoms. The third kappa shape index (κ3) is 62.8. The van der Waals surface area contributed by atoms with Crippen molar-refractivity contribution in [2.45, 2.75) is 60.7 Å². The van der Waals surface area contributed by atoms with Gasteiger partial charge in [0.25, 0.3) is 0 Å². The van der Waals surface area contributed by atoms with Crippen LogP contribution in [-0.4, -0.2) is 17.3 Å². The lowest BCUT2D eigenvalue weighted by molar-refractivity contribution is -0.117. The second kappa shape index (κ2) is 15.5. The summed E-state index contributed by atoms with van der Waals surface area (Å²) in [6.07, 6.45) is -1.61. The van der Waals surface area contributed by atoms with Gasteiger partial charge in [0.05, 0.1) is 0 Å². The quantitative estimate of drug-likeness (QED) is 0.733. The second-order valence-electron chi connectivity index (χ2n) is 2.70. The zero-order valence-electron chi connectivity index (χ0n) is 13.5. The highest BCUT2D eigenvalue weighted by atomic mass is 16.1. The largest absolute Gasteiger partial charge is 0.300 e. The highest BCUT2D eigenvalue weighted by Gasteiger charge is 1.77. The average Bonchev–Trinajstić information content (AvgIpc) is 2.18. The summed E-state index contributed by atoms with van der Waals surface area (Å²) in [6, 6.07) is 0. The van der Waals surface area contributed by atoms with Crippen LogP contribution in [0.1, 0.15) is 64.8 Å². The van der Waals surface area contributed by atoms with Crippen LogP contribution >= 0.6 is 0 Å². The number of carbonyl (C=O) groups excluding carboxylic acids is 3. The van der Waals surface area contributed by atoms with E-state index in [1.165, 1.54) is 20.8 Å². The predicted octanol–water partition coefficient (Wildman–Crippen LogP) is 2.96. The molecule has 3 atom stereocenters. The van der Waals surface area contributed by atoms with Gasteiger partial charge in [-0.1, -0.05) is 20.8 Å². The lowest BCUT2D eigenvalue weighted by Gasteiger charge is -1.71. The van der Waals surface area contributed by atoms with Crippen molar-refractivity contribution in [1.29, 1.82) is 0 Å². The molecule has 0 fully saturated rings. The Morgan fingerprint density at radius 1 is 0.733 bits per heavy atom. The van der Waals surface area contributed by atoms with E-state index >= 15 is 0 Å². The van der Waals surface area contributed by atoms with E-state index in [-0.39, 0.29) is 17.3 Å². The predicted molar refractivity (Wildman–Crippen MR) is 62.9 cm³/mol. The molecule has 0 aliphatic rings. The van der Waals surface area contributed by atoms with E-state index in [0.29, 0.717) is 0 Å². The monoisotopic (exact) mass is 219 g/mol. The van der Waals surface area contributed by atoms with Crippen LogP contribution < -0.4 is 0 Å². The molecule has 0 aliphatic carbocycles. The maximum atomic E-state index is 9.96. The molecule has 0 saturated heterocycles. The summed E-state index contributed by atoms with van der Waals surface area (Å²) in [5, 5.41) is 0. The Morgan fingerprint density at radius 2 is 0.800 bits per heavy atom. The summed E-state index contributed by atoms with van der Waals surface area (Å²) in [5.41, 5.74) is 0. The first-order valence-corrected chi connectivity index (χ1v) is 4.71. The van der Waals surface area contributed by atoms with Crippen molar-refractivity contribution in [3.8, 4) is 0 Å². The third-order valence-corrected chi connectivity index (χ3v) is 1.22. The van der Waals surface area contributed by atoms with Crippen molar-refractivity contribution in [2.24, 2.45) is 0 Å². The summed E-state index contributed by atoms with van der Waals surface area (Å²) >= 11 is 0. The van der Waals surface area contributed by atoms with Crippen LogP contribution in [-0.2, 0) is 14.4 Å². The molecule has 3 nitrogen and oxygen atoms in total. The molecule has 0 radical (unpaired) electrons. The maximum Gasteiger partial charge on any atom is 0.129 e. The van der Waals surface area contributed by atoms with Crippen molar-refractivity contribution in [2.75, 3.05) is 0 Å². The van der Waals surface area contributed by atoms with Crippen molar-refractivity contribution in [3.63, 3.8) is 0 Å². The number of hydrogen-bond donors (Lipinski definition) is 0. The first-order chi connectivity index (χ1) is 7.93. The number of hydrogen-bond acceptors (Lipinski definition) is 3. The number of ketones is 3. The molecule has 0 aromatic heterocycles. The van der Waals surface area contributed by atoms with Crippen LogP contribution in [0.3, 0.4) is 0 Å². The lowest BCUT2D eigenvalue weighted by Crippen LogP contribution is -1.80. The molecule has 0 saturated carbocycles. The van der Waals surface area contributed by atoms with Gasteiger partial charge in [0.1, 0.15) is 17.3 Å². The SMILES string of the molecule is [2H]C(C)C(C)=O.[2H]C(C)C(C)=O.[2H]C(C)C(C)=O. The van der Waals surface area contributed by atoms with Crippen LogP contribution in [0.2, 0.25) is 0 Å². The van der Waals surface area contributed by atoms with Gasteiger partial charge in [-0.3, -0.25) is 0 Å².